The summed E-state index contributed by atoms with van der Waals surface area (Å²) in [6.07, 6.45) is 0. The standard InChI is InChI=1S/C56H49BN2O/c1-55(2,3)40-28-32-42(33-29-40)58(43-34-30-41(31-35-43)56(4,5)6)44-36-50-53-52(37-44)60-51-27-16-14-25-48(51)57(53)47-24-13-15-26-49(47)59(50)54-45(38-18-9-7-10-19-38)22-17-23-46(54)39-20-11-8-12-21-39/h7-37H,1-6H3. The number of ether oxygens (including phenoxy) is 1. The predicted octanol–water partition coefficient (Wildman–Crippen LogP) is 13.5. The van der Waals surface area contributed by atoms with Crippen molar-refractivity contribution >= 4 is 57.2 Å². The summed E-state index contributed by atoms with van der Waals surface area (Å²) in [7, 11) is 0. The first kappa shape index (κ1) is 37.5. The minimum absolute atomic E-state index is 0.0175. The van der Waals surface area contributed by atoms with E-state index in [1.54, 1.807) is 0 Å². The van der Waals surface area contributed by atoms with Gasteiger partial charge in [0.2, 0.25) is 0 Å². The summed E-state index contributed by atoms with van der Waals surface area (Å²) in [6.45, 7) is 13.6. The van der Waals surface area contributed by atoms with Crippen molar-refractivity contribution in [1.82, 2.24) is 0 Å². The van der Waals surface area contributed by atoms with Gasteiger partial charge in [-0.3, -0.25) is 0 Å². The van der Waals surface area contributed by atoms with E-state index < -0.39 is 0 Å². The van der Waals surface area contributed by atoms with Crippen molar-refractivity contribution in [3.63, 3.8) is 0 Å². The molecule has 4 heteroatoms. The lowest BCUT2D eigenvalue weighted by molar-refractivity contribution is 0.487. The Kier molecular flexibility index (Phi) is 9.06. The Balaban J connectivity index is 1.29. The molecule has 2 heterocycles. The van der Waals surface area contributed by atoms with Crippen LogP contribution in [-0.2, 0) is 10.8 Å². The molecule has 0 amide bonds. The maximum atomic E-state index is 7.09. The average Bonchev–Trinajstić information content (AvgIpc) is 3.26. The summed E-state index contributed by atoms with van der Waals surface area (Å²) in [6, 6.07) is 68.8. The van der Waals surface area contributed by atoms with Crippen LogP contribution in [-0.4, -0.2) is 6.71 Å². The summed E-state index contributed by atoms with van der Waals surface area (Å²) in [5, 5.41) is 0. The van der Waals surface area contributed by atoms with Crippen LogP contribution >= 0.6 is 0 Å². The third kappa shape index (κ3) is 6.48. The van der Waals surface area contributed by atoms with E-state index in [-0.39, 0.29) is 17.5 Å². The van der Waals surface area contributed by atoms with Gasteiger partial charge in [0.25, 0.3) is 6.71 Å². The predicted molar refractivity (Wildman–Crippen MR) is 255 cm³/mol. The van der Waals surface area contributed by atoms with Gasteiger partial charge in [-0.15, -0.1) is 0 Å². The first-order chi connectivity index (χ1) is 29.0. The van der Waals surface area contributed by atoms with Gasteiger partial charge in [-0.25, -0.2) is 0 Å². The highest BCUT2D eigenvalue weighted by Gasteiger charge is 2.43. The van der Waals surface area contributed by atoms with Gasteiger partial charge in [0.15, 0.2) is 0 Å². The van der Waals surface area contributed by atoms with Crippen molar-refractivity contribution in [3.8, 4) is 33.8 Å². The molecule has 292 valence electrons. The molecule has 8 aromatic rings. The number of para-hydroxylation sites is 3. The van der Waals surface area contributed by atoms with E-state index in [1.807, 2.05) is 0 Å². The molecule has 2 aliphatic heterocycles. The van der Waals surface area contributed by atoms with Gasteiger partial charge < -0.3 is 14.5 Å². The van der Waals surface area contributed by atoms with Crippen LogP contribution in [0.25, 0.3) is 22.3 Å². The van der Waals surface area contributed by atoms with Crippen molar-refractivity contribution in [2.75, 3.05) is 9.80 Å². The summed E-state index contributed by atoms with van der Waals surface area (Å²) in [5.74, 6) is 1.76. The van der Waals surface area contributed by atoms with E-state index in [4.69, 9.17) is 4.74 Å². The number of nitrogens with zero attached hydrogens (tertiary/aromatic N) is 2. The molecular formula is C56H49BN2O. The fourth-order valence-corrected chi connectivity index (χ4v) is 9.16. The zero-order valence-electron chi connectivity index (χ0n) is 35.3. The molecule has 0 saturated heterocycles. The lowest BCUT2D eigenvalue weighted by atomic mass is 9.34. The molecule has 0 bridgehead atoms. The minimum Gasteiger partial charge on any atom is -0.458 e. The van der Waals surface area contributed by atoms with E-state index in [2.05, 4.69) is 239 Å². The first-order valence-corrected chi connectivity index (χ1v) is 21.1. The Morgan fingerprint density at radius 2 is 0.933 bits per heavy atom. The maximum absolute atomic E-state index is 7.09. The molecule has 0 N–H and O–H groups in total. The smallest absolute Gasteiger partial charge is 0.256 e. The molecule has 0 fully saturated rings. The summed E-state index contributed by atoms with van der Waals surface area (Å²) in [5.41, 5.74) is 17.5. The molecule has 10 rings (SSSR count). The molecule has 8 aromatic carbocycles. The molecular weight excluding hydrogens is 727 g/mol. The Morgan fingerprint density at radius 1 is 0.433 bits per heavy atom. The van der Waals surface area contributed by atoms with Crippen LogP contribution in [0.1, 0.15) is 52.7 Å². The summed E-state index contributed by atoms with van der Waals surface area (Å²) >= 11 is 0. The van der Waals surface area contributed by atoms with Gasteiger partial charge in [-0.05, 0) is 91.9 Å². The van der Waals surface area contributed by atoms with Gasteiger partial charge >= 0.3 is 0 Å². The van der Waals surface area contributed by atoms with E-state index in [0.717, 1.165) is 67.9 Å². The molecule has 60 heavy (non-hydrogen) atoms. The number of anilines is 6. The molecule has 0 unspecified atom stereocenters. The van der Waals surface area contributed by atoms with Crippen molar-refractivity contribution in [1.29, 1.82) is 0 Å². The Labute approximate surface area is 355 Å². The van der Waals surface area contributed by atoms with Crippen LogP contribution in [0.15, 0.2) is 188 Å². The van der Waals surface area contributed by atoms with Crippen LogP contribution in [0, 0.1) is 0 Å². The highest BCUT2D eigenvalue weighted by molar-refractivity contribution is 6.99. The van der Waals surface area contributed by atoms with Crippen LogP contribution < -0.4 is 30.9 Å². The van der Waals surface area contributed by atoms with E-state index in [9.17, 15) is 0 Å². The fraction of sp³-hybridized carbons (Fsp3) is 0.143. The van der Waals surface area contributed by atoms with Gasteiger partial charge in [0.05, 0.1) is 11.4 Å². The van der Waals surface area contributed by atoms with E-state index in [0.29, 0.717) is 0 Å². The van der Waals surface area contributed by atoms with Crippen molar-refractivity contribution in [2.45, 2.75) is 52.4 Å². The number of hydrogen-bond acceptors (Lipinski definition) is 3. The van der Waals surface area contributed by atoms with E-state index in [1.165, 1.54) is 27.5 Å². The monoisotopic (exact) mass is 776 g/mol. The lowest BCUT2D eigenvalue weighted by Gasteiger charge is -2.42. The lowest BCUT2D eigenvalue weighted by Crippen LogP contribution is -2.59. The topological polar surface area (TPSA) is 15.7 Å². The van der Waals surface area contributed by atoms with E-state index >= 15 is 0 Å². The van der Waals surface area contributed by atoms with Crippen molar-refractivity contribution in [2.24, 2.45) is 0 Å². The second-order valence-electron chi connectivity index (χ2n) is 18.2. The minimum atomic E-state index is -0.0175. The third-order valence-corrected chi connectivity index (χ3v) is 12.2. The van der Waals surface area contributed by atoms with Crippen LogP contribution in [0.5, 0.6) is 11.5 Å². The quantitative estimate of drug-likeness (QED) is 0.156. The summed E-state index contributed by atoms with van der Waals surface area (Å²) < 4.78 is 7.09. The van der Waals surface area contributed by atoms with Gasteiger partial charge in [-0.2, -0.15) is 0 Å². The molecule has 0 radical (unpaired) electrons. The molecule has 0 atom stereocenters. The number of benzene rings is 8. The van der Waals surface area contributed by atoms with Gasteiger partial charge in [0.1, 0.15) is 11.5 Å². The normalized spacial score (nSPS) is 12.9. The SMILES string of the molecule is CC(C)(C)c1ccc(N(c2ccc(C(C)(C)C)cc2)c2cc3c4c(c2)N(c2c(-c5ccccc5)cccc2-c2ccccc2)c2ccccc2B4c2ccccc2O3)cc1. The maximum Gasteiger partial charge on any atom is 0.256 e. The van der Waals surface area contributed by atoms with Crippen LogP contribution in [0.4, 0.5) is 34.1 Å². The Bertz CT molecular complexity index is 2740. The van der Waals surface area contributed by atoms with Gasteiger partial charge in [0, 0.05) is 39.9 Å². The average molecular weight is 777 g/mol. The number of hydrogen-bond donors (Lipinski definition) is 0. The number of fused-ring (bicyclic) bond motifs is 4. The van der Waals surface area contributed by atoms with Crippen LogP contribution in [0.3, 0.4) is 0 Å². The number of rotatable bonds is 6. The zero-order chi connectivity index (χ0) is 41.2. The molecule has 0 aliphatic carbocycles. The fourth-order valence-electron chi connectivity index (χ4n) is 9.16. The highest BCUT2D eigenvalue weighted by atomic mass is 16.5. The second-order valence-corrected chi connectivity index (χ2v) is 18.2. The molecule has 3 nitrogen and oxygen atoms in total. The van der Waals surface area contributed by atoms with Crippen molar-refractivity contribution < 1.29 is 4.74 Å². The Hall–Kier alpha value is -6.78. The van der Waals surface area contributed by atoms with Crippen molar-refractivity contribution in [3.05, 3.63) is 199 Å². The molecule has 2 aliphatic rings. The van der Waals surface area contributed by atoms with Crippen LogP contribution in [0.2, 0.25) is 0 Å². The zero-order valence-corrected chi connectivity index (χ0v) is 35.3. The van der Waals surface area contributed by atoms with Gasteiger partial charge in [-0.1, -0.05) is 181 Å². The molecule has 0 spiro atoms. The first-order valence-electron chi connectivity index (χ1n) is 21.1. The summed E-state index contributed by atoms with van der Waals surface area (Å²) in [4.78, 5) is 4.92. The molecule has 0 saturated carbocycles. The third-order valence-electron chi connectivity index (χ3n) is 12.2. The largest absolute Gasteiger partial charge is 0.458 e. The highest BCUT2D eigenvalue weighted by Crippen LogP contribution is 2.50. The second kappa shape index (κ2) is 14.5. The Morgan fingerprint density at radius 3 is 1.48 bits per heavy atom. The molecule has 0 aromatic heterocycles.